The molecule has 0 bridgehead atoms. The number of nitrogens with zero attached hydrogens (tertiary/aromatic N) is 1. The molecule has 0 aromatic heterocycles. The van der Waals surface area contributed by atoms with Gasteiger partial charge in [-0.2, -0.15) is 5.48 Å². The third kappa shape index (κ3) is 5.54. The van der Waals surface area contributed by atoms with E-state index in [0.717, 1.165) is 24.7 Å². The van der Waals surface area contributed by atoms with E-state index < -0.39 is 33.0 Å². The number of ether oxygens (including phenoxy) is 3. The van der Waals surface area contributed by atoms with Crippen LogP contribution in [0.25, 0.3) is 0 Å². The average Bonchev–Trinajstić information content (AvgIpc) is 3.38. The first-order chi connectivity index (χ1) is 16.0. The molecule has 10 nitrogen and oxygen atoms in total. The Morgan fingerprint density at radius 3 is 2.32 bits per heavy atom. The summed E-state index contributed by atoms with van der Waals surface area (Å²) in [6.45, 7) is 1.39. The number of aliphatic hydroxyl groups excluding tert-OH is 1. The van der Waals surface area contributed by atoms with Crippen LogP contribution in [0, 0.1) is 17.8 Å². The molecule has 3 rings (SSSR count). The summed E-state index contributed by atoms with van der Waals surface area (Å²) in [6, 6.07) is 7.11. The van der Waals surface area contributed by atoms with Gasteiger partial charge in [-0.1, -0.05) is 11.8 Å². The molecule has 2 fully saturated rings. The number of hydroxylamine groups is 1. The Morgan fingerprint density at radius 1 is 1.24 bits per heavy atom. The predicted molar refractivity (Wildman–Crippen MR) is 124 cm³/mol. The maximum atomic E-state index is 12.4. The minimum atomic E-state index is -3.81. The standard InChI is InChI=1S/C23H32N2O8S/c1-23(21(26)24-28,34(4,29)30)13-18-14-25(22(27)33-18)17-9-7-15(8-10-17)5-6-16-11-19(31-2)20(12-16)32-3/h7-10,16,18-21,24,26,28H,11-14H2,1-4H3. The zero-order chi connectivity index (χ0) is 25.1. The van der Waals surface area contributed by atoms with Crippen LogP contribution in [0.3, 0.4) is 0 Å². The van der Waals surface area contributed by atoms with Crippen LogP contribution in [0.15, 0.2) is 24.3 Å². The van der Waals surface area contributed by atoms with Crippen molar-refractivity contribution in [2.45, 2.75) is 55.5 Å². The minimum Gasteiger partial charge on any atom is -0.444 e. The van der Waals surface area contributed by atoms with Gasteiger partial charge < -0.3 is 24.5 Å². The van der Waals surface area contributed by atoms with Crippen LogP contribution in [-0.4, -0.2) is 81.1 Å². The first kappa shape index (κ1) is 26.4. The van der Waals surface area contributed by atoms with Gasteiger partial charge in [0.25, 0.3) is 0 Å². The minimum absolute atomic E-state index is 0.0413. The van der Waals surface area contributed by atoms with Gasteiger partial charge in [0.15, 0.2) is 9.84 Å². The third-order valence-corrected chi connectivity index (χ3v) is 8.79. The van der Waals surface area contributed by atoms with Crippen LogP contribution < -0.4 is 10.4 Å². The molecule has 1 heterocycles. The van der Waals surface area contributed by atoms with Crippen molar-refractivity contribution < 1.29 is 37.7 Å². The van der Waals surface area contributed by atoms with Crippen molar-refractivity contribution in [3.05, 3.63) is 29.8 Å². The molecule has 1 amide bonds. The van der Waals surface area contributed by atoms with Crippen molar-refractivity contribution in [1.29, 1.82) is 0 Å². The van der Waals surface area contributed by atoms with E-state index in [9.17, 15) is 18.3 Å². The van der Waals surface area contributed by atoms with Gasteiger partial charge >= 0.3 is 6.09 Å². The number of rotatable bonds is 8. The lowest BCUT2D eigenvalue weighted by Gasteiger charge is -2.33. The summed E-state index contributed by atoms with van der Waals surface area (Å²) < 4.78 is 39.0. The molecular weight excluding hydrogens is 464 g/mol. The molecule has 34 heavy (non-hydrogen) atoms. The topological polar surface area (TPSA) is 135 Å². The molecule has 1 saturated carbocycles. The van der Waals surface area contributed by atoms with Crippen LogP contribution in [-0.2, 0) is 24.0 Å². The van der Waals surface area contributed by atoms with Gasteiger partial charge in [0, 0.05) is 44.1 Å². The maximum absolute atomic E-state index is 12.4. The Hall–Kier alpha value is -2.20. The maximum Gasteiger partial charge on any atom is 0.414 e. The Balaban J connectivity index is 1.66. The van der Waals surface area contributed by atoms with Gasteiger partial charge in [0.1, 0.15) is 17.1 Å². The molecule has 1 aliphatic carbocycles. The van der Waals surface area contributed by atoms with Crippen molar-refractivity contribution in [3.8, 4) is 11.8 Å². The van der Waals surface area contributed by atoms with Crippen molar-refractivity contribution in [1.82, 2.24) is 5.48 Å². The molecule has 5 unspecified atom stereocenters. The van der Waals surface area contributed by atoms with E-state index in [-0.39, 0.29) is 31.1 Å². The molecule has 188 valence electrons. The molecule has 11 heteroatoms. The van der Waals surface area contributed by atoms with Crippen molar-refractivity contribution in [2.75, 3.05) is 31.9 Å². The average molecular weight is 497 g/mol. The molecule has 3 N–H and O–H groups in total. The normalized spacial score (nSPS) is 27.6. The lowest BCUT2D eigenvalue weighted by Crippen LogP contribution is -2.54. The molecule has 2 aliphatic rings. The lowest BCUT2D eigenvalue weighted by atomic mass is 10.0. The number of hydrogen-bond acceptors (Lipinski definition) is 9. The lowest BCUT2D eigenvalue weighted by molar-refractivity contribution is -0.0292. The number of aliphatic hydroxyl groups is 1. The van der Waals surface area contributed by atoms with E-state index in [2.05, 4.69) is 11.8 Å². The largest absolute Gasteiger partial charge is 0.444 e. The number of amides is 1. The molecule has 1 aromatic rings. The molecule has 1 aliphatic heterocycles. The first-order valence-corrected chi connectivity index (χ1v) is 12.8. The summed E-state index contributed by atoms with van der Waals surface area (Å²) in [4.78, 5) is 13.8. The summed E-state index contributed by atoms with van der Waals surface area (Å²) in [5.41, 5.74) is 2.96. The van der Waals surface area contributed by atoms with E-state index >= 15 is 0 Å². The summed E-state index contributed by atoms with van der Waals surface area (Å²) in [7, 11) is -0.460. The summed E-state index contributed by atoms with van der Waals surface area (Å²) in [5, 5.41) is 19.1. The Kier molecular flexibility index (Phi) is 8.23. The number of carbonyl (C=O) groups excluding carboxylic acids is 1. The Morgan fingerprint density at radius 2 is 1.82 bits per heavy atom. The van der Waals surface area contributed by atoms with E-state index in [1.165, 1.54) is 11.8 Å². The zero-order valence-corrected chi connectivity index (χ0v) is 20.5. The predicted octanol–water partition coefficient (Wildman–Crippen LogP) is 1.29. The monoisotopic (exact) mass is 496 g/mol. The second-order valence-corrected chi connectivity index (χ2v) is 11.4. The Bertz CT molecular complexity index is 1020. The van der Waals surface area contributed by atoms with Gasteiger partial charge in [-0.15, -0.1) is 0 Å². The van der Waals surface area contributed by atoms with Gasteiger partial charge in [-0.25, -0.2) is 13.2 Å². The molecule has 0 spiro atoms. The highest BCUT2D eigenvalue weighted by Crippen LogP contribution is 2.32. The number of hydrogen-bond donors (Lipinski definition) is 3. The van der Waals surface area contributed by atoms with E-state index in [1.807, 2.05) is 0 Å². The molecule has 0 radical (unpaired) electrons. The number of carbonyl (C=O) groups is 1. The fraction of sp³-hybridized carbons (Fsp3) is 0.609. The SMILES string of the molecule is COC1CC(C#Cc2ccc(N3CC(CC(C)(C(O)NO)S(C)(=O)=O)OC3=O)cc2)CC1OC. The van der Waals surface area contributed by atoms with Gasteiger partial charge in [-0.3, -0.25) is 4.90 Å². The number of benzene rings is 1. The van der Waals surface area contributed by atoms with Crippen molar-refractivity contribution in [2.24, 2.45) is 5.92 Å². The van der Waals surface area contributed by atoms with E-state index in [4.69, 9.17) is 19.4 Å². The number of methoxy groups -OCH3 is 2. The first-order valence-electron chi connectivity index (χ1n) is 10.9. The molecule has 1 saturated heterocycles. The van der Waals surface area contributed by atoms with E-state index in [1.54, 1.807) is 44.0 Å². The number of sulfone groups is 1. The van der Waals surface area contributed by atoms with Crippen LogP contribution in [0.1, 0.15) is 31.7 Å². The van der Waals surface area contributed by atoms with Gasteiger partial charge in [0.2, 0.25) is 0 Å². The summed E-state index contributed by atoms with van der Waals surface area (Å²) >= 11 is 0. The number of cyclic esters (lactones) is 1. The van der Waals surface area contributed by atoms with Crippen LogP contribution >= 0.6 is 0 Å². The third-order valence-electron chi connectivity index (χ3n) is 6.71. The Labute approximate surface area is 200 Å². The fourth-order valence-corrected chi connectivity index (χ4v) is 5.32. The quantitative estimate of drug-likeness (QED) is 0.276. The van der Waals surface area contributed by atoms with Gasteiger partial charge in [-0.05, 0) is 44.0 Å². The smallest absolute Gasteiger partial charge is 0.414 e. The highest BCUT2D eigenvalue weighted by molar-refractivity contribution is 7.92. The molecule has 5 atom stereocenters. The van der Waals surface area contributed by atoms with Crippen molar-refractivity contribution in [3.63, 3.8) is 0 Å². The summed E-state index contributed by atoms with van der Waals surface area (Å²) in [6.07, 6.45) is -0.683. The van der Waals surface area contributed by atoms with Gasteiger partial charge in [0.05, 0.1) is 18.8 Å². The van der Waals surface area contributed by atoms with E-state index in [0.29, 0.717) is 5.69 Å². The summed E-state index contributed by atoms with van der Waals surface area (Å²) in [5.74, 6) is 6.60. The van der Waals surface area contributed by atoms with Crippen LogP contribution in [0.2, 0.25) is 0 Å². The number of nitrogens with one attached hydrogen (secondary N) is 1. The second kappa shape index (κ2) is 10.6. The fourth-order valence-electron chi connectivity index (χ4n) is 4.38. The van der Waals surface area contributed by atoms with Crippen LogP contribution in [0.4, 0.5) is 10.5 Å². The van der Waals surface area contributed by atoms with Crippen molar-refractivity contribution >= 4 is 21.6 Å². The second-order valence-electron chi connectivity index (χ2n) is 8.97. The zero-order valence-electron chi connectivity index (χ0n) is 19.7. The highest BCUT2D eigenvalue weighted by atomic mass is 32.2. The molecule has 1 aromatic carbocycles. The molecular formula is C23H32N2O8S. The highest BCUT2D eigenvalue weighted by Gasteiger charge is 2.48. The number of anilines is 1. The van der Waals surface area contributed by atoms with Crippen LogP contribution in [0.5, 0.6) is 0 Å².